The number of carbonyl (C=O) groups excluding carboxylic acids is 1. The normalized spacial score (nSPS) is 22.0. The molecule has 1 aromatic heterocycles. The van der Waals surface area contributed by atoms with Gasteiger partial charge < -0.3 is 20.3 Å². The molecule has 2 heterocycles. The minimum absolute atomic E-state index is 0.111. The predicted molar refractivity (Wildman–Crippen MR) is 67.1 cm³/mol. The van der Waals surface area contributed by atoms with E-state index in [1.807, 2.05) is 0 Å². The van der Waals surface area contributed by atoms with E-state index in [1.165, 1.54) is 28.8 Å². The van der Waals surface area contributed by atoms with Gasteiger partial charge in [-0.25, -0.2) is 0 Å². The molecule has 1 aromatic rings. The number of nitro groups is 1. The highest BCUT2D eigenvalue weighted by molar-refractivity contribution is 5.94. The fourth-order valence-electron chi connectivity index (χ4n) is 2.20. The summed E-state index contributed by atoms with van der Waals surface area (Å²) < 4.78 is 1.34. The molecule has 1 unspecified atom stereocenters. The molecule has 0 bridgehead atoms. The zero-order valence-corrected chi connectivity index (χ0v) is 10.8. The third-order valence-electron chi connectivity index (χ3n) is 3.43. The molecule has 108 valence electrons. The average Bonchev–Trinajstić information content (AvgIpc) is 2.93. The van der Waals surface area contributed by atoms with Gasteiger partial charge in [0.05, 0.1) is 11.1 Å². The first-order valence-corrected chi connectivity index (χ1v) is 5.87. The Hall–Kier alpha value is -2.42. The van der Waals surface area contributed by atoms with Crippen molar-refractivity contribution in [1.82, 2.24) is 9.47 Å². The van der Waals surface area contributed by atoms with Gasteiger partial charge in [-0.15, -0.1) is 0 Å². The monoisotopic (exact) mass is 282 g/mol. The molecule has 1 atom stereocenters. The molecule has 0 radical (unpaired) electrons. The van der Waals surface area contributed by atoms with Crippen LogP contribution >= 0.6 is 0 Å². The summed E-state index contributed by atoms with van der Waals surface area (Å²) in [6.45, 7) is 0.0980. The summed E-state index contributed by atoms with van der Waals surface area (Å²) in [4.78, 5) is 34.7. The number of aliphatic carboxylic acids is 1. The molecule has 0 aromatic carbocycles. The van der Waals surface area contributed by atoms with Gasteiger partial charge >= 0.3 is 5.97 Å². The molecule has 0 aliphatic carbocycles. The minimum Gasteiger partial charge on any atom is -0.480 e. The van der Waals surface area contributed by atoms with Gasteiger partial charge in [-0.3, -0.25) is 19.7 Å². The number of hydrogen-bond donors (Lipinski definition) is 2. The lowest BCUT2D eigenvalue weighted by atomic mass is 10.0. The van der Waals surface area contributed by atoms with Gasteiger partial charge in [-0.1, -0.05) is 0 Å². The van der Waals surface area contributed by atoms with Crippen LogP contribution in [0.2, 0.25) is 0 Å². The van der Waals surface area contributed by atoms with E-state index in [9.17, 15) is 19.7 Å². The number of hydrogen-bond acceptors (Lipinski definition) is 5. The fourth-order valence-corrected chi connectivity index (χ4v) is 2.20. The minimum atomic E-state index is -1.45. The number of nitrogens with zero attached hydrogens (tertiary/aromatic N) is 3. The second-order valence-electron chi connectivity index (χ2n) is 4.89. The summed E-state index contributed by atoms with van der Waals surface area (Å²) in [5.74, 6) is -1.63. The van der Waals surface area contributed by atoms with Crippen molar-refractivity contribution in [3.8, 4) is 0 Å². The zero-order valence-electron chi connectivity index (χ0n) is 10.8. The molecule has 2 rings (SSSR count). The standard InChI is InChI=1S/C11H14N4O5/c1-13-5-7(15(19)20)4-8(13)9(16)14-3-2-11(12,6-14)10(17)18/h4-5H,2-3,6,12H2,1H3,(H,17,18). The summed E-state index contributed by atoms with van der Waals surface area (Å²) in [6.07, 6.45) is 1.39. The van der Waals surface area contributed by atoms with Gasteiger partial charge in [0, 0.05) is 26.2 Å². The summed E-state index contributed by atoms with van der Waals surface area (Å²) >= 11 is 0. The van der Waals surface area contributed by atoms with Crippen LogP contribution in [0.25, 0.3) is 0 Å². The smallest absolute Gasteiger partial charge is 0.325 e. The molecule has 1 fully saturated rings. The molecule has 1 amide bonds. The Morgan fingerprint density at radius 3 is 2.65 bits per heavy atom. The van der Waals surface area contributed by atoms with Crippen molar-refractivity contribution in [1.29, 1.82) is 0 Å². The Balaban J connectivity index is 2.21. The number of carboxylic acids is 1. The second kappa shape index (κ2) is 4.60. The topological polar surface area (TPSA) is 132 Å². The average molecular weight is 282 g/mol. The number of aryl methyl sites for hydroxylation is 1. The highest BCUT2D eigenvalue weighted by atomic mass is 16.6. The fraction of sp³-hybridized carbons (Fsp3) is 0.455. The molecule has 20 heavy (non-hydrogen) atoms. The van der Waals surface area contributed by atoms with Crippen LogP contribution < -0.4 is 5.73 Å². The lowest BCUT2D eigenvalue weighted by Crippen LogP contribution is -2.50. The van der Waals surface area contributed by atoms with Crippen LogP contribution in [0.5, 0.6) is 0 Å². The van der Waals surface area contributed by atoms with Crippen molar-refractivity contribution in [2.24, 2.45) is 12.8 Å². The SMILES string of the molecule is Cn1cc([N+](=O)[O-])cc1C(=O)N1CCC(N)(C(=O)O)C1. The molecule has 1 aliphatic rings. The van der Waals surface area contributed by atoms with E-state index in [2.05, 4.69) is 0 Å². The van der Waals surface area contributed by atoms with Gasteiger partial charge in [0.25, 0.3) is 11.6 Å². The number of likely N-dealkylation sites (tertiary alicyclic amines) is 1. The number of carbonyl (C=O) groups is 2. The summed E-state index contributed by atoms with van der Waals surface area (Å²) in [5, 5.41) is 19.7. The first kappa shape index (κ1) is 14.0. The van der Waals surface area contributed by atoms with Crippen LogP contribution in [0.1, 0.15) is 16.9 Å². The molecule has 9 nitrogen and oxygen atoms in total. The lowest BCUT2D eigenvalue weighted by Gasteiger charge is -2.20. The van der Waals surface area contributed by atoms with E-state index >= 15 is 0 Å². The number of nitrogens with two attached hydrogens (primary N) is 1. The zero-order chi connectivity index (χ0) is 15.1. The van der Waals surface area contributed by atoms with Gasteiger partial charge in [0.2, 0.25) is 0 Å². The number of rotatable bonds is 3. The van der Waals surface area contributed by atoms with E-state index in [-0.39, 0.29) is 30.9 Å². The van der Waals surface area contributed by atoms with E-state index in [4.69, 9.17) is 10.8 Å². The predicted octanol–water partition coefficient (Wildman–Crippen LogP) is -0.439. The maximum absolute atomic E-state index is 12.2. The first-order valence-electron chi connectivity index (χ1n) is 5.87. The summed E-state index contributed by atoms with van der Waals surface area (Å²) in [5.41, 5.74) is 4.18. The van der Waals surface area contributed by atoms with Gasteiger partial charge in [0.1, 0.15) is 11.2 Å². The van der Waals surface area contributed by atoms with E-state index < -0.39 is 22.3 Å². The van der Waals surface area contributed by atoms with Crippen LogP contribution in [-0.4, -0.2) is 50.0 Å². The summed E-state index contributed by atoms with van der Waals surface area (Å²) in [6, 6.07) is 1.17. The molecule has 0 spiro atoms. The second-order valence-corrected chi connectivity index (χ2v) is 4.89. The van der Waals surface area contributed by atoms with Gasteiger partial charge in [0.15, 0.2) is 0 Å². The number of carboxylic acid groups (broad SMARTS) is 1. The van der Waals surface area contributed by atoms with Crippen LogP contribution in [0, 0.1) is 10.1 Å². The largest absolute Gasteiger partial charge is 0.480 e. The first-order chi connectivity index (χ1) is 9.24. The van der Waals surface area contributed by atoms with E-state index in [0.29, 0.717) is 0 Å². The Morgan fingerprint density at radius 2 is 2.20 bits per heavy atom. The highest BCUT2D eigenvalue weighted by Crippen LogP contribution is 2.23. The third-order valence-corrected chi connectivity index (χ3v) is 3.43. The molecule has 0 saturated carbocycles. The van der Waals surface area contributed by atoms with Crippen LogP contribution in [0.4, 0.5) is 5.69 Å². The van der Waals surface area contributed by atoms with Crippen molar-refractivity contribution < 1.29 is 19.6 Å². The number of aromatic nitrogens is 1. The third kappa shape index (κ3) is 2.23. The van der Waals surface area contributed by atoms with Crippen molar-refractivity contribution in [2.75, 3.05) is 13.1 Å². The van der Waals surface area contributed by atoms with E-state index in [1.54, 1.807) is 0 Å². The van der Waals surface area contributed by atoms with Crippen molar-refractivity contribution >= 4 is 17.6 Å². The van der Waals surface area contributed by atoms with Crippen molar-refractivity contribution in [3.63, 3.8) is 0 Å². The van der Waals surface area contributed by atoms with Crippen molar-refractivity contribution in [2.45, 2.75) is 12.0 Å². The highest BCUT2D eigenvalue weighted by Gasteiger charge is 2.43. The molecular formula is C11H14N4O5. The Kier molecular flexibility index (Phi) is 3.22. The van der Waals surface area contributed by atoms with Gasteiger partial charge in [-0.05, 0) is 6.42 Å². The Morgan fingerprint density at radius 1 is 1.55 bits per heavy atom. The van der Waals surface area contributed by atoms with Gasteiger partial charge in [-0.2, -0.15) is 0 Å². The Bertz CT molecular complexity index is 596. The summed E-state index contributed by atoms with van der Waals surface area (Å²) in [7, 11) is 1.52. The number of amides is 1. The maximum Gasteiger partial charge on any atom is 0.325 e. The quantitative estimate of drug-likeness (QED) is 0.570. The molecular weight excluding hydrogens is 268 g/mol. The molecule has 3 N–H and O–H groups in total. The van der Waals surface area contributed by atoms with Crippen LogP contribution in [0.3, 0.4) is 0 Å². The Labute approximate surface area is 113 Å². The van der Waals surface area contributed by atoms with E-state index in [0.717, 1.165) is 0 Å². The van der Waals surface area contributed by atoms with Crippen LogP contribution in [-0.2, 0) is 11.8 Å². The molecule has 9 heteroatoms. The molecule has 1 aliphatic heterocycles. The van der Waals surface area contributed by atoms with Crippen LogP contribution in [0.15, 0.2) is 12.3 Å². The van der Waals surface area contributed by atoms with Crippen molar-refractivity contribution in [3.05, 3.63) is 28.1 Å². The lowest BCUT2D eigenvalue weighted by molar-refractivity contribution is -0.384. The maximum atomic E-state index is 12.2. The molecule has 1 saturated heterocycles.